The maximum absolute atomic E-state index is 12.0. The van der Waals surface area contributed by atoms with E-state index in [9.17, 15) is 4.79 Å². The number of nitrogens with one attached hydrogen (secondary N) is 2. The van der Waals surface area contributed by atoms with Crippen LogP contribution in [-0.2, 0) is 24.4 Å². The molecule has 3 nitrogen and oxygen atoms in total. The van der Waals surface area contributed by atoms with Crippen molar-refractivity contribution in [3.63, 3.8) is 0 Å². The van der Waals surface area contributed by atoms with Crippen LogP contribution in [0, 0.1) is 6.92 Å². The molecule has 1 aliphatic heterocycles. The molecule has 0 saturated heterocycles. The van der Waals surface area contributed by atoms with Gasteiger partial charge in [-0.05, 0) is 47.4 Å². The first-order valence-electron chi connectivity index (χ1n) is 7.59. The van der Waals surface area contributed by atoms with E-state index in [0.29, 0.717) is 12.3 Å². The van der Waals surface area contributed by atoms with Crippen molar-refractivity contribution in [2.45, 2.75) is 31.5 Å². The molecule has 3 rings (SSSR count). The molecule has 1 amide bonds. The lowest BCUT2D eigenvalue weighted by molar-refractivity contribution is -0.118. The Morgan fingerprint density at radius 2 is 2.04 bits per heavy atom. The maximum Gasteiger partial charge on any atom is 0.230 e. The monoisotopic (exact) mass is 390 g/mol. The summed E-state index contributed by atoms with van der Waals surface area (Å²) in [5.41, 5.74) is 5.05. The van der Waals surface area contributed by atoms with Crippen LogP contribution in [0.1, 0.15) is 22.3 Å². The standard InChI is InChI=1S/C18H19BrN2OS/c1-12-6-16(19)4-5-17(12)23-11-18(22)21-8-13-2-3-14-9-20-10-15(14)7-13/h2-7,20H,8-11H2,1H3,(H,21,22). The van der Waals surface area contributed by atoms with E-state index in [4.69, 9.17) is 0 Å². The maximum atomic E-state index is 12.0. The van der Waals surface area contributed by atoms with E-state index >= 15 is 0 Å². The number of benzene rings is 2. The van der Waals surface area contributed by atoms with E-state index in [-0.39, 0.29) is 5.91 Å². The highest BCUT2D eigenvalue weighted by molar-refractivity contribution is 9.10. The number of aryl methyl sites for hydroxylation is 1. The lowest BCUT2D eigenvalue weighted by Crippen LogP contribution is -2.24. The highest BCUT2D eigenvalue weighted by Gasteiger charge is 2.10. The van der Waals surface area contributed by atoms with Gasteiger partial charge in [0.15, 0.2) is 0 Å². The number of fused-ring (bicyclic) bond motifs is 1. The van der Waals surface area contributed by atoms with Crippen LogP contribution >= 0.6 is 27.7 Å². The molecule has 5 heteroatoms. The van der Waals surface area contributed by atoms with Gasteiger partial charge in [0.1, 0.15) is 0 Å². The fourth-order valence-corrected chi connectivity index (χ4v) is 3.94. The van der Waals surface area contributed by atoms with Crippen molar-refractivity contribution in [1.29, 1.82) is 0 Å². The molecule has 0 fully saturated rings. The number of carbonyl (C=O) groups is 1. The summed E-state index contributed by atoms with van der Waals surface area (Å²) in [6, 6.07) is 12.5. The molecular formula is C18H19BrN2OS. The molecule has 0 aliphatic carbocycles. The minimum absolute atomic E-state index is 0.0657. The van der Waals surface area contributed by atoms with E-state index in [1.165, 1.54) is 16.7 Å². The quantitative estimate of drug-likeness (QED) is 0.763. The van der Waals surface area contributed by atoms with Crippen LogP contribution in [0.3, 0.4) is 0 Å². The largest absolute Gasteiger partial charge is 0.351 e. The van der Waals surface area contributed by atoms with Gasteiger partial charge in [0.2, 0.25) is 5.91 Å². The Morgan fingerprint density at radius 3 is 2.87 bits per heavy atom. The highest BCUT2D eigenvalue weighted by Crippen LogP contribution is 2.25. The zero-order chi connectivity index (χ0) is 16.2. The van der Waals surface area contributed by atoms with Crippen LogP contribution in [0.25, 0.3) is 0 Å². The summed E-state index contributed by atoms with van der Waals surface area (Å²) >= 11 is 5.03. The van der Waals surface area contributed by atoms with Crippen LogP contribution in [0.15, 0.2) is 45.8 Å². The Balaban J connectivity index is 1.50. The predicted octanol–water partition coefficient (Wildman–Crippen LogP) is 3.77. The van der Waals surface area contributed by atoms with Gasteiger partial charge in [0, 0.05) is 29.0 Å². The van der Waals surface area contributed by atoms with Crippen molar-refractivity contribution in [3.8, 4) is 0 Å². The summed E-state index contributed by atoms with van der Waals surface area (Å²) < 4.78 is 1.06. The van der Waals surface area contributed by atoms with Crippen LogP contribution in [-0.4, -0.2) is 11.7 Å². The first kappa shape index (κ1) is 16.6. The number of thioether (sulfide) groups is 1. The fourth-order valence-electron chi connectivity index (χ4n) is 2.63. The predicted molar refractivity (Wildman–Crippen MR) is 98.4 cm³/mol. The third kappa shape index (κ3) is 4.37. The van der Waals surface area contributed by atoms with E-state index < -0.39 is 0 Å². The minimum Gasteiger partial charge on any atom is -0.351 e. The van der Waals surface area contributed by atoms with Gasteiger partial charge in [-0.2, -0.15) is 0 Å². The second-order valence-corrected chi connectivity index (χ2v) is 7.61. The normalized spacial score (nSPS) is 13.0. The van der Waals surface area contributed by atoms with Gasteiger partial charge in [-0.15, -0.1) is 11.8 Å². The van der Waals surface area contributed by atoms with Gasteiger partial charge in [-0.3, -0.25) is 4.79 Å². The summed E-state index contributed by atoms with van der Waals surface area (Å²) in [6.45, 7) is 4.52. The zero-order valence-electron chi connectivity index (χ0n) is 13.0. The lowest BCUT2D eigenvalue weighted by atomic mass is 10.1. The Bertz CT molecular complexity index is 733. The topological polar surface area (TPSA) is 41.1 Å². The summed E-state index contributed by atoms with van der Waals surface area (Å²) in [4.78, 5) is 13.2. The number of halogens is 1. The van der Waals surface area contributed by atoms with E-state index in [0.717, 1.165) is 28.0 Å². The molecule has 1 heterocycles. The molecule has 0 spiro atoms. The number of hydrogen-bond acceptors (Lipinski definition) is 3. The SMILES string of the molecule is Cc1cc(Br)ccc1SCC(=O)NCc1ccc2c(c1)CNC2. The average Bonchev–Trinajstić information content (AvgIpc) is 2.99. The molecule has 120 valence electrons. The van der Waals surface area contributed by atoms with E-state index in [1.807, 2.05) is 12.1 Å². The Kier molecular flexibility index (Phi) is 5.41. The van der Waals surface area contributed by atoms with Crippen molar-refractivity contribution < 1.29 is 4.79 Å². The number of carbonyl (C=O) groups excluding carboxylic acids is 1. The zero-order valence-corrected chi connectivity index (χ0v) is 15.4. The highest BCUT2D eigenvalue weighted by atomic mass is 79.9. The lowest BCUT2D eigenvalue weighted by Gasteiger charge is -2.08. The van der Waals surface area contributed by atoms with Crippen LogP contribution in [0.5, 0.6) is 0 Å². The van der Waals surface area contributed by atoms with Gasteiger partial charge >= 0.3 is 0 Å². The molecule has 0 aromatic heterocycles. The third-order valence-electron chi connectivity index (χ3n) is 3.89. The molecule has 2 aromatic rings. The van der Waals surface area contributed by atoms with Gasteiger partial charge in [0.05, 0.1) is 5.75 Å². The third-order valence-corrected chi connectivity index (χ3v) is 5.56. The van der Waals surface area contributed by atoms with E-state index in [1.54, 1.807) is 11.8 Å². The summed E-state index contributed by atoms with van der Waals surface area (Å²) in [5.74, 6) is 0.505. The number of hydrogen-bond donors (Lipinski definition) is 2. The Hall–Kier alpha value is -1.30. The molecular weight excluding hydrogens is 372 g/mol. The Labute approximate surface area is 149 Å². The minimum atomic E-state index is 0.0657. The van der Waals surface area contributed by atoms with Crippen molar-refractivity contribution in [2.24, 2.45) is 0 Å². The summed E-state index contributed by atoms with van der Waals surface area (Å²) in [7, 11) is 0. The van der Waals surface area contributed by atoms with Gasteiger partial charge in [-0.25, -0.2) is 0 Å². The van der Waals surface area contributed by atoms with E-state index in [2.05, 4.69) is 57.8 Å². The summed E-state index contributed by atoms with van der Waals surface area (Å²) in [5, 5.41) is 6.34. The molecule has 0 atom stereocenters. The van der Waals surface area contributed by atoms with Crippen LogP contribution in [0.4, 0.5) is 0 Å². The smallest absolute Gasteiger partial charge is 0.230 e. The molecule has 0 saturated carbocycles. The van der Waals surface area contributed by atoms with Gasteiger partial charge in [-0.1, -0.05) is 34.1 Å². The van der Waals surface area contributed by atoms with Crippen molar-refractivity contribution >= 4 is 33.6 Å². The number of amides is 1. The second-order valence-electron chi connectivity index (χ2n) is 5.68. The van der Waals surface area contributed by atoms with Crippen LogP contribution in [0.2, 0.25) is 0 Å². The van der Waals surface area contributed by atoms with Crippen molar-refractivity contribution in [1.82, 2.24) is 10.6 Å². The molecule has 0 unspecified atom stereocenters. The molecule has 2 N–H and O–H groups in total. The fraction of sp³-hybridized carbons (Fsp3) is 0.278. The Morgan fingerprint density at radius 1 is 1.22 bits per heavy atom. The average molecular weight is 391 g/mol. The molecule has 1 aliphatic rings. The molecule has 2 aromatic carbocycles. The molecule has 23 heavy (non-hydrogen) atoms. The second kappa shape index (κ2) is 7.51. The first-order valence-corrected chi connectivity index (χ1v) is 9.37. The summed E-state index contributed by atoms with van der Waals surface area (Å²) in [6.07, 6.45) is 0. The number of rotatable bonds is 5. The van der Waals surface area contributed by atoms with Crippen molar-refractivity contribution in [2.75, 3.05) is 5.75 Å². The first-order chi connectivity index (χ1) is 11.1. The van der Waals surface area contributed by atoms with Crippen molar-refractivity contribution in [3.05, 3.63) is 63.1 Å². The van der Waals surface area contributed by atoms with Crippen LogP contribution < -0.4 is 10.6 Å². The van der Waals surface area contributed by atoms with Gasteiger partial charge < -0.3 is 10.6 Å². The molecule has 0 bridgehead atoms. The molecule has 0 radical (unpaired) electrons. The van der Waals surface area contributed by atoms with Gasteiger partial charge in [0.25, 0.3) is 0 Å².